The first kappa shape index (κ1) is 25.6. The SMILES string of the molecule is CN1CCN(c2nccc3[nH]c(-c4n[nH]c5ncc(-c6cncc(NC(=O)CC7CCCCC7)c6)cc45)nc23)CC1. The Bertz CT molecular complexity index is 1690. The highest BCUT2D eigenvalue weighted by molar-refractivity contribution is 5.96. The molecule has 1 amide bonds. The highest BCUT2D eigenvalue weighted by atomic mass is 16.1. The van der Waals surface area contributed by atoms with E-state index in [1.807, 2.05) is 24.4 Å². The van der Waals surface area contributed by atoms with Crippen LogP contribution in [0.25, 0.3) is 44.7 Å². The minimum absolute atomic E-state index is 0.0527. The first-order valence-corrected chi connectivity index (χ1v) is 14.5. The van der Waals surface area contributed by atoms with Crippen molar-refractivity contribution in [3.63, 3.8) is 0 Å². The third-order valence-corrected chi connectivity index (χ3v) is 8.38. The molecule has 5 aromatic heterocycles. The van der Waals surface area contributed by atoms with Crippen molar-refractivity contribution in [1.29, 1.82) is 0 Å². The third kappa shape index (κ3) is 5.24. The van der Waals surface area contributed by atoms with Gasteiger partial charge in [0.1, 0.15) is 11.2 Å². The van der Waals surface area contributed by atoms with Crippen LogP contribution in [0.4, 0.5) is 11.5 Å². The summed E-state index contributed by atoms with van der Waals surface area (Å²) in [6, 6.07) is 5.94. The van der Waals surface area contributed by atoms with Crippen LogP contribution in [0.2, 0.25) is 0 Å². The summed E-state index contributed by atoms with van der Waals surface area (Å²) in [6.45, 7) is 3.82. The first-order valence-electron chi connectivity index (χ1n) is 14.5. The monoisotopic (exact) mass is 550 g/mol. The number of H-pyrrole nitrogens is 2. The molecule has 1 saturated carbocycles. The fourth-order valence-corrected chi connectivity index (χ4v) is 6.06. The van der Waals surface area contributed by atoms with E-state index in [1.165, 1.54) is 19.3 Å². The molecule has 0 radical (unpaired) electrons. The molecule has 0 spiro atoms. The Morgan fingerprint density at radius 2 is 1.85 bits per heavy atom. The van der Waals surface area contributed by atoms with Gasteiger partial charge in [0.15, 0.2) is 17.3 Å². The van der Waals surface area contributed by atoms with E-state index in [2.05, 4.69) is 52.3 Å². The average Bonchev–Trinajstić information content (AvgIpc) is 3.62. The highest BCUT2D eigenvalue weighted by Gasteiger charge is 2.22. The van der Waals surface area contributed by atoms with Crippen molar-refractivity contribution in [3.8, 4) is 22.6 Å². The number of fused-ring (bicyclic) bond motifs is 2. The van der Waals surface area contributed by atoms with E-state index >= 15 is 0 Å². The predicted molar refractivity (Wildman–Crippen MR) is 160 cm³/mol. The zero-order chi connectivity index (χ0) is 27.8. The number of rotatable bonds is 6. The number of nitrogens with zero attached hydrogens (tertiary/aromatic N) is 7. The Morgan fingerprint density at radius 3 is 2.71 bits per heavy atom. The van der Waals surface area contributed by atoms with Crippen LogP contribution in [0, 0.1) is 5.92 Å². The van der Waals surface area contributed by atoms with Crippen molar-refractivity contribution >= 4 is 39.5 Å². The number of likely N-dealkylation sites (N-methyl/N-ethyl adjacent to an activating group) is 1. The summed E-state index contributed by atoms with van der Waals surface area (Å²) in [5.74, 6) is 2.09. The number of piperazine rings is 1. The van der Waals surface area contributed by atoms with Gasteiger partial charge in [-0.1, -0.05) is 19.3 Å². The van der Waals surface area contributed by atoms with Gasteiger partial charge >= 0.3 is 0 Å². The maximum Gasteiger partial charge on any atom is 0.224 e. The average molecular weight is 551 g/mol. The van der Waals surface area contributed by atoms with Crippen LogP contribution >= 0.6 is 0 Å². The zero-order valence-electron chi connectivity index (χ0n) is 23.2. The molecule has 11 nitrogen and oxygen atoms in total. The molecular weight excluding hydrogens is 516 g/mol. The molecule has 1 aliphatic carbocycles. The third-order valence-electron chi connectivity index (χ3n) is 8.38. The molecule has 3 N–H and O–H groups in total. The highest BCUT2D eigenvalue weighted by Crippen LogP contribution is 2.32. The second-order valence-corrected chi connectivity index (χ2v) is 11.3. The van der Waals surface area contributed by atoms with Gasteiger partial charge in [-0.2, -0.15) is 5.10 Å². The van der Waals surface area contributed by atoms with Crippen LogP contribution in [0.3, 0.4) is 0 Å². The molecule has 0 aromatic carbocycles. The number of hydrogen-bond donors (Lipinski definition) is 3. The Hall–Kier alpha value is -4.38. The molecule has 7 rings (SSSR count). The van der Waals surface area contributed by atoms with E-state index in [0.29, 0.717) is 35.2 Å². The largest absolute Gasteiger partial charge is 0.352 e. The lowest BCUT2D eigenvalue weighted by Gasteiger charge is -2.33. The quantitative estimate of drug-likeness (QED) is 0.279. The number of hydrogen-bond acceptors (Lipinski definition) is 8. The van der Waals surface area contributed by atoms with Crippen LogP contribution < -0.4 is 10.2 Å². The van der Waals surface area contributed by atoms with Gasteiger partial charge in [-0.3, -0.25) is 14.9 Å². The summed E-state index contributed by atoms with van der Waals surface area (Å²) in [5, 5.41) is 11.5. The topological polar surface area (TPSA) is 132 Å². The summed E-state index contributed by atoms with van der Waals surface area (Å²) in [7, 11) is 2.14. The fraction of sp³-hybridized carbons (Fsp3) is 0.400. The maximum atomic E-state index is 12.7. The van der Waals surface area contributed by atoms with Crippen molar-refractivity contribution in [2.24, 2.45) is 5.92 Å². The first-order chi connectivity index (χ1) is 20.1. The fourth-order valence-electron chi connectivity index (χ4n) is 6.06. The second kappa shape index (κ2) is 10.9. The van der Waals surface area contributed by atoms with Crippen molar-refractivity contribution in [1.82, 2.24) is 40.0 Å². The molecule has 2 fully saturated rings. The number of nitrogens with one attached hydrogen (secondary N) is 3. The lowest BCUT2D eigenvalue weighted by atomic mass is 9.87. The van der Waals surface area contributed by atoms with Gasteiger partial charge in [0.05, 0.1) is 22.8 Å². The van der Waals surface area contributed by atoms with Crippen LogP contribution in [-0.4, -0.2) is 79.2 Å². The smallest absolute Gasteiger partial charge is 0.224 e. The summed E-state index contributed by atoms with van der Waals surface area (Å²) in [4.78, 5) is 39.4. The lowest BCUT2D eigenvalue weighted by molar-refractivity contribution is -0.117. The molecule has 0 atom stereocenters. The summed E-state index contributed by atoms with van der Waals surface area (Å²) < 4.78 is 0. The van der Waals surface area contributed by atoms with E-state index in [9.17, 15) is 4.79 Å². The maximum absolute atomic E-state index is 12.7. The number of amides is 1. The molecule has 6 heterocycles. The molecule has 11 heteroatoms. The van der Waals surface area contributed by atoms with Crippen molar-refractivity contribution in [2.45, 2.75) is 38.5 Å². The van der Waals surface area contributed by atoms with Gasteiger partial charge in [-0.05, 0) is 44.0 Å². The van der Waals surface area contributed by atoms with Crippen LogP contribution in [0.15, 0.2) is 43.0 Å². The number of carbonyl (C=O) groups is 1. The summed E-state index contributed by atoms with van der Waals surface area (Å²) in [5.41, 5.74) is 5.57. The Kier molecular flexibility index (Phi) is 6.79. The number of carbonyl (C=O) groups excluding carboxylic acids is 1. The molecule has 41 heavy (non-hydrogen) atoms. The van der Waals surface area contributed by atoms with Crippen LogP contribution in [0.1, 0.15) is 38.5 Å². The van der Waals surface area contributed by atoms with Crippen molar-refractivity contribution in [2.75, 3.05) is 43.4 Å². The van der Waals surface area contributed by atoms with E-state index in [-0.39, 0.29) is 5.91 Å². The number of aromatic amines is 2. The summed E-state index contributed by atoms with van der Waals surface area (Å²) >= 11 is 0. The van der Waals surface area contributed by atoms with E-state index in [0.717, 1.165) is 72.4 Å². The lowest BCUT2D eigenvalue weighted by Crippen LogP contribution is -2.44. The van der Waals surface area contributed by atoms with Crippen molar-refractivity contribution < 1.29 is 4.79 Å². The summed E-state index contributed by atoms with van der Waals surface area (Å²) in [6.07, 6.45) is 13.7. The molecular formula is C30H34N10O. The van der Waals surface area contributed by atoms with Gasteiger partial charge in [0.25, 0.3) is 0 Å². The Morgan fingerprint density at radius 1 is 1.02 bits per heavy atom. The number of pyridine rings is 3. The van der Waals surface area contributed by atoms with Gasteiger partial charge in [-0.15, -0.1) is 0 Å². The van der Waals surface area contributed by atoms with Gasteiger partial charge in [0.2, 0.25) is 5.91 Å². The molecule has 0 bridgehead atoms. The number of anilines is 2. The second-order valence-electron chi connectivity index (χ2n) is 11.3. The minimum Gasteiger partial charge on any atom is -0.352 e. The number of aromatic nitrogens is 7. The predicted octanol–water partition coefficient (Wildman–Crippen LogP) is 4.62. The number of imidazole rings is 1. The van der Waals surface area contributed by atoms with Gasteiger partial charge in [-0.25, -0.2) is 15.0 Å². The van der Waals surface area contributed by atoms with Crippen LogP contribution in [0.5, 0.6) is 0 Å². The minimum atomic E-state index is 0.0527. The molecule has 1 aliphatic heterocycles. The molecule has 2 aliphatic rings. The molecule has 5 aromatic rings. The normalized spacial score (nSPS) is 17.0. The van der Waals surface area contributed by atoms with Crippen LogP contribution in [-0.2, 0) is 4.79 Å². The molecule has 210 valence electrons. The van der Waals surface area contributed by atoms with E-state index < -0.39 is 0 Å². The zero-order valence-corrected chi connectivity index (χ0v) is 23.2. The Labute approximate surface area is 237 Å². The van der Waals surface area contributed by atoms with Gasteiger partial charge in [0, 0.05) is 62.3 Å². The van der Waals surface area contributed by atoms with Crippen molar-refractivity contribution in [3.05, 3.63) is 43.0 Å². The van der Waals surface area contributed by atoms with E-state index in [4.69, 9.17) is 4.98 Å². The van der Waals surface area contributed by atoms with E-state index in [1.54, 1.807) is 18.6 Å². The molecule has 0 unspecified atom stereocenters. The van der Waals surface area contributed by atoms with Gasteiger partial charge < -0.3 is 20.1 Å². The Balaban J connectivity index is 1.16. The standard InChI is InChI=1S/C30H34N10O/c1-39-9-11-40(12-10-39)30-27-24(7-8-32-30)35-29(36-27)26-23-15-21(17-33-28(23)38-37-26)20-14-22(18-31-16-20)34-25(41)13-19-5-3-2-4-6-19/h7-8,14-19H,2-6,9-13H2,1H3,(H,34,41)(H,35,36)(H,33,37,38). The molecule has 1 saturated heterocycles.